The fraction of sp³-hybridized carbons (Fsp3) is 0.0909. The van der Waals surface area contributed by atoms with E-state index in [9.17, 15) is 0 Å². The molecule has 0 fully saturated rings. The van der Waals surface area contributed by atoms with Crippen molar-refractivity contribution in [1.82, 2.24) is 0 Å². The molecule has 0 radical (unpaired) electrons. The molecule has 0 bridgehead atoms. The lowest BCUT2D eigenvalue weighted by Crippen LogP contribution is -2.30. The summed E-state index contributed by atoms with van der Waals surface area (Å²) in [5, 5.41) is 11.9. The minimum absolute atomic E-state index is 0.0589. The maximum absolute atomic E-state index is 6.31. The predicted molar refractivity (Wildman–Crippen MR) is 205 cm³/mol. The maximum Gasteiger partial charge on any atom is 0.201 e. The van der Waals surface area contributed by atoms with Crippen LogP contribution in [0, 0.1) is 0 Å². The van der Waals surface area contributed by atoms with Crippen molar-refractivity contribution in [3.05, 3.63) is 163 Å². The van der Waals surface area contributed by atoms with E-state index in [1.807, 2.05) is 0 Å². The summed E-state index contributed by atoms with van der Waals surface area (Å²) < 4.78 is 12.5. The highest BCUT2D eigenvalue weighted by atomic mass is 31.1. The first-order chi connectivity index (χ1) is 23.7. The lowest BCUT2D eigenvalue weighted by molar-refractivity contribution is 0.594. The van der Waals surface area contributed by atoms with Gasteiger partial charge in [0.2, 0.25) is 8.67 Å². The lowest BCUT2D eigenvalue weighted by atomic mass is 9.92. The summed E-state index contributed by atoms with van der Waals surface area (Å²) in [6, 6.07) is 54.9. The Morgan fingerprint density at radius 2 is 0.875 bits per heavy atom. The van der Waals surface area contributed by atoms with Gasteiger partial charge in [0.25, 0.3) is 0 Å². The molecule has 4 heteroatoms. The van der Waals surface area contributed by atoms with Gasteiger partial charge in [0.05, 0.1) is 12.1 Å². The summed E-state index contributed by atoms with van der Waals surface area (Å²) in [5.74, 6) is 0. The molecule has 9 rings (SSSR count). The SMILES string of the molecule is C[C@H](c1cccc2ccccc12)N(c1cccc2c1ccc1o[pH]oc3ccc4ccccc4c3c12)[C@H](C)c1cccc2ccccc12. The van der Waals surface area contributed by atoms with Gasteiger partial charge >= 0.3 is 0 Å². The van der Waals surface area contributed by atoms with E-state index in [0.717, 1.165) is 32.7 Å². The summed E-state index contributed by atoms with van der Waals surface area (Å²) in [6.45, 7) is 4.71. The summed E-state index contributed by atoms with van der Waals surface area (Å²) in [6.07, 6.45) is 0. The van der Waals surface area contributed by atoms with E-state index in [-0.39, 0.29) is 20.8 Å². The lowest BCUT2D eigenvalue weighted by Gasteiger charge is -2.39. The highest BCUT2D eigenvalue weighted by molar-refractivity contribution is 7.15. The Hall–Kier alpha value is -5.50. The van der Waals surface area contributed by atoms with Crippen LogP contribution in [0.15, 0.2) is 160 Å². The first-order valence-corrected chi connectivity index (χ1v) is 17.4. The fourth-order valence-electron chi connectivity index (χ4n) is 7.88. The molecule has 48 heavy (non-hydrogen) atoms. The topological polar surface area (TPSA) is 29.5 Å². The van der Waals surface area contributed by atoms with Gasteiger partial charge in [0, 0.05) is 21.8 Å². The van der Waals surface area contributed by atoms with Gasteiger partial charge in [0.1, 0.15) is 11.2 Å². The van der Waals surface area contributed by atoms with Crippen LogP contribution in [0.25, 0.3) is 65.0 Å². The van der Waals surface area contributed by atoms with Gasteiger partial charge in [0.15, 0.2) is 0 Å². The minimum atomic E-state index is -0.112. The third-order valence-corrected chi connectivity index (χ3v) is 10.7. The molecule has 0 amide bonds. The van der Waals surface area contributed by atoms with Gasteiger partial charge in [-0.3, -0.25) is 0 Å². The molecule has 9 aromatic rings. The van der Waals surface area contributed by atoms with E-state index < -0.39 is 0 Å². The standard InChI is InChI=1S/C44H34NO2P/c1-28(33-20-9-15-30-12-3-6-17-35(30)33)45(29(2)34-21-10-16-31-13-4-7-18-36(31)34)40-23-11-22-39-38(40)25-27-42-44(39)43-37-19-8-5-14-32(37)24-26-41(43)46-48-47-42/h3-29,48H,1-2H3/t28-,29-/m1/s1. The number of hydrogen-bond acceptors (Lipinski definition) is 3. The van der Waals surface area contributed by atoms with Crippen molar-refractivity contribution in [3.8, 4) is 0 Å². The zero-order chi connectivity index (χ0) is 32.2. The third kappa shape index (κ3) is 4.58. The normalized spacial score (nSPS) is 13.2. The average molecular weight is 640 g/mol. The van der Waals surface area contributed by atoms with Crippen LogP contribution in [0.2, 0.25) is 0 Å². The molecule has 8 aromatic carbocycles. The van der Waals surface area contributed by atoms with Crippen molar-refractivity contribution in [2.75, 3.05) is 4.90 Å². The predicted octanol–water partition coefficient (Wildman–Crippen LogP) is 13.3. The average Bonchev–Trinajstić information content (AvgIpc) is 3.34. The monoisotopic (exact) mass is 639 g/mol. The van der Waals surface area contributed by atoms with Crippen molar-refractivity contribution in [3.63, 3.8) is 0 Å². The Kier molecular flexibility index (Phi) is 6.95. The maximum atomic E-state index is 6.31. The molecule has 0 aliphatic heterocycles. The Morgan fingerprint density at radius 1 is 0.417 bits per heavy atom. The zero-order valence-electron chi connectivity index (χ0n) is 26.9. The first kappa shape index (κ1) is 28.7. The second-order valence-corrected chi connectivity index (χ2v) is 13.2. The number of fused-ring (bicyclic) bond motifs is 9. The smallest absolute Gasteiger partial charge is 0.201 e. The van der Waals surface area contributed by atoms with Gasteiger partial charge in [-0.15, -0.1) is 0 Å². The van der Waals surface area contributed by atoms with E-state index in [1.165, 1.54) is 49.1 Å². The van der Waals surface area contributed by atoms with Crippen LogP contribution in [0.1, 0.15) is 37.1 Å². The van der Waals surface area contributed by atoms with Crippen LogP contribution in [0.4, 0.5) is 5.69 Å². The fourth-order valence-corrected chi connectivity index (χ4v) is 8.44. The van der Waals surface area contributed by atoms with Crippen molar-refractivity contribution in [2.45, 2.75) is 25.9 Å². The van der Waals surface area contributed by atoms with Crippen molar-refractivity contribution < 1.29 is 8.39 Å². The van der Waals surface area contributed by atoms with Crippen LogP contribution >= 0.6 is 8.67 Å². The molecule has 232 valence electrons. The highest BCUT2D eigenvalue weighted by Gasteiger charge is 2.27. The second-order valence-electron chi connectivity index (χ2n) is 12.7. The van der Waals surface area contributed by atoms with Crippen molar-refractivity contribution >= 4 is 79.4 Å². The van der Waals surface area contributed by atoms with Crippen molar-refractivity contribution in [2.24, 2.45) is 0 Å². The number of rotatable bonds is 5. The molecule has 0 saturated heterocycles. The summed E-state index contributed by atoms with van der Waals surface area (Å²) >= 11 is 0. The molecule has 0 N–H and O–H groups in total. The van der Waals surface area contributed by atoms with Crippen LogP contribution in [-0.4, -0.2) is 0 Å². The zero-order valence-corrected chi connectivity index (χ0v) is 27.9. The molecule has 0 saturated carbocycles. The largest absolute Gasteiger partial charge is 0.421 e. The third-order valence-electron chi connectivity index (χ3n) is 10.1. The van der Waals surface area contributed by atoms with E-state index in [2.05, 4.69) is 170 Å². The summed E-state index contributed by atoms with van der Waals surface area (Å²) in [5.41, 5.74) is 5.51. The molecule has 1 heterocycles. The molecular formula is C44H34NO2P. The Balaban J connectivity index is 1.36. The van der Waals surface area contributed by atoms with Crippen molar-refractivity contribution in [1.29, 1.82) is 0 Å². The van der Waals surface area contributed by atoms with Crippen LogP contribution in [0.3, 0.4) is 0 Å². The number of hydrogen-bond donors (Lipinski definition) is 0. The van der Waals surface area contributed by atoms with E-state index in [0.29, 0.717) is 0 Å². The molecular weight excluding hydrogens is 605 g/mol. The summed E-state index contributed by atoms with van der Waals surface area (Å²) in [7, 11) is -0.112. The van der Waals surface area contributed by atoms with Crippen LogP contribution in [0.5, 0.6) is 0 Å². The number of nitrogens with zero attached hydrogens (tertiary/aromatic N) is 1. The summed E-state index contributed by atoms with van der Waals surface area (Å²) in [4.78, 5) is 2.62. The van der Waals surface area contributed by atoms with E-state index >= 15 is 0 Å². The molecule has 3 atom stereocenters. The molecule has 0 spiro atoms. The molecule has 1 unspecified atom stereocenters. The van der Waals surface area contributed by atoms with E-state index in [1.54, 1.807) is 0 Å². The molecule has 1 aromatic heterocycles. The Labute approximate surface area is 280 Å². The van der Waals surface area contributed by atoms with Crippen LogP contribution in [-0.2, 0) is 0 Å². The highest BCUT2D eigenvalue weighted by Crippen LogP contribution is 2.45. The van der Waals surface area contributed by atoms with Gasteiger partial charge in [-0.05, 0) is 86.9 Å². The number of benzene rings is 8. The molecule has 3 nitrogen and oxygen atoms in total. The Morgan fingerprint density at radius 3 is 1.50 bits per heavy atom. The van der Waals surface area contributed by atoms with Gasteiger partial charge in [-0.25, -0.2) is 0 Å². The van der Waals surface area contributed by atoms with Gasteiger partial charge in [-0.2, -0.15) is 0 Å². The first-order valence-electron chi connectivity index (χ1n) is 16.6. The minimum Gasteiger partial charge on any atom is -0.421 e. The molecule has 0 aliphatic rings. The van der Waals surface area contributed by atoms with Gasteiger partial charge < -0.3 is 13.3 Å². The van der Waals surface area contributed by atoms with E-state index in [4.69, 9.17) is 8.39 Å². The van der Waals surface area contributed by atoms with Gasteiger partial charge in [-0.1, -0.05) is 127 Å². The second kappa shape index (κ2) is 11.6. The Bertz CT molecular complexity index is 2600. The quantitative estimate of drug-likeness (QED) is 0.188. The number of anilines is 1. The molecule has 0 aliphatic carbocycles. The van der Waals surface area contributed by atoms with Crippen LogP contribution < -0.4 is 4.90 Å².